The Hall–Kier alpha value is -1.65. The molecule has 7 heteroatoms. The smallest absolute Gasteiger partial charge is 0.240 e. The van der Waals surface area contributed by atoms with E-state index in [2.05, 4.69) is 10.6 Å². The van der Waals surface area contributed by atoms with E-state index in [4.69, 9.17) is 12.2 Å². The highest BCUT2D eigenvalue weighted by Gasteiger charge is 2.18. The molecule has 1 aromatic rings. The Balaban J connectivity index is 3.04. The van der Waals surface area contributed by atoms with E-state index in [1.165, 1.54) is 0 Å². The number of rotatable bonds is 4. The second-order valence-electron chi connectivity index (χ2n) is 3.16. The molecule has 0 radical (unpaired) electrons. The van der Waals surface area contributed by atoms with Crippen molar-refractivity contribution in [3.05, 3.63) is 23.8 Å². The topological polar surface area (TPSA) is 72.2 Å². The highest BCUT2D eigenvalue weighted by molar-refractivity contribution is 7.89. The second-order valence-corrected chi connectivity index (χ2v) is 4.93. The third kappa shape index (κ3) is 3.15. The molecule has 0 aromatic heterocycles. The lowest BCUT2D eigenvalue weighted by Crippen LogP contribution is -2.25. The molecule has 1 aromatic carbocycles. The van der Waals surface area contributed by atoms with Crippen LogP contribution in [0, 0.1) is 24.0 Å². The molecule has 1 rings (SSSR count). The largest absolute Gasteiger partial charge is 0.396 e. The minimum absolute atomic E-state index is 0.0116. The average Bonchev–Trinajstić information content (AvgIpc) is 2.25. The predicted octanol–water partition coefficient (Wildman–Crippen LogP) is 0.849. The number of sulfonamides is 1. The van der Waals surface area contributed by atoms with Crippen molar-refractivity contribution in [1.29, 1.82) is 0 Å². The van der Waals surface area contributed by atoms with E-state index >= 15 is 0 Å². The SMILES string of the molecule is C#CCCNS(=O)(=O)c1cc(N)c(F)c(F)c1. The van der Waals surface area contributed by atoms with Crippen molar-refractivity contribution in [3.8, 4) is 12.3 Å². The first kappa shape index (κ1) is 13.4. The molecular formula is C10H10F2N2O2S. The molecular weight excluding hydrogens is 250 g/mol. The molecule has 0 heterocycles. The second kappa shape index (κ2) is 5.12. The predicted molar refractivity (Wildman–Crippen MR) is 59.4 cm³/mol. The Kier molecular flexibility index (Phi) is 4.04. The van der Waals surface area contributed by atoms with Crippen LogP contribution in [0.1, 0.15) is 6.42 Å². The molecule has 0 amide bonds. The van der Waals surface area contributed by atoms with Crippen LogP contribution in [0.4, 0.5) is 14.5 Å². The first-order valence-corrected chi connectivity index (χ1v) is 6.04. The summed E-state index contributed by atoms with van der Waals surface area (Å²) >= 11 is 0. The number of nitrogens with two attached hydrogens (primary N) is 1. The zero-order valence-electron chi connectivity index (χ0n) is 8.70. The number of benzene rings is 1. The number of nitrogens with one attached hydrogen (secondary N) is 1. The van der Waals surface area contributed by atoms with Crippen molar-refractivity contribution in [2.45, 2.75) is 11.3 Å². The van der Waals surface area contributed by atoms with Crippen LogP contribution in [0.15, 0.2) is 17.0 Å². The molecule has 0 fully saturated rings. The van der Waals surface area contributed by atoms with Crippen LogP contribution in [-0.4, -0.2) is 15.0 Å². The molecule has 0 unspecified atom stereocenters. The van der Waals surface area contributed by atoms with Crippen LogP contribution >= 0.6 is 0 Å². The first-order chi connectivity index (χ1) is 7.88. The average molecular weight is 260 g/mol. The molecule has 0 aliphatic rings. The van der Waals surface area contributed by atoms with E-state index in [1.807, 2.05) is 0 Å². The zero-order valence-corrected chi connectivity index (χ0v) is 9.52. The summed E-state index contributed by atoms with van der Waals surface area (Å²) in [4.78, 5) is -0.439. The van der Waals surface area contributed by atoms with Gasteiger partial charge in [0.05, 0.1) is 10.6 Å². The fourth-order valence-corrected chi connectivity index (χ4v) is 2.16. The standard InChI is InChI=1S/C10H10F2N2O2S/c1-2-3-4-14-17(15,16)7-5-8(11)10(12)9(13)6-7/h1,5-6,14H,3-4,13H2. The molecule has 17 heavy (non-hydrogen) atoms. The van der Waals surface area contributed by atoms with E-state index in [1.54, 1.807) is 0 Å². The van der Waals surface area contributed by atoms with E-state index in [0.717, 1.165) is 6.07 Å². The fourth-order valence-electron chi connectivity index (χ4n) is 1.08. The van der Waals surface area contributed by atoms with E-state index in [9.17, 15) is 17.2 Å². The summed E-state index contributed by atoms with van der Waals surface area (Å²) in [5, 5.41) is 0. The summed E-state index contributed by atoms with van der Waals surface area (Å²) in [6.07, 6.45) is 5.14. The molecule has 4 nitrogen and oxygen atoms in total. The van der Waals surface area contributed by atoms with Crippen LogP contribution in [0.25, 0.3) is 0 Å². The maximum absolute atomic E-state index is 13.0. The highest BCUT2D eigenvalue weighted by atomic mass is 32.2. The van der Waals surface area contributed by atoms with Gasteiger partial charge in [-0.25, -0.2) is 21.9 Å². The van der Waals surface area contributed by atoms with Crippen molar-refractivity contribution in [2.75, 3.05) is 12.3 Å². The number of hydrogen-bond donors (Lipinski definition) is 2. The molecule has 92 valence electrons. The van der Waals surface area contributed by atoms with Gasteiger partial charge < -0.3 is 5.73 Å². The molecule has 0 aliphatic heterocycles. The number of terminal acetylenes is 1. The van der Waals surface area contributed by atoms with Gasteiger partial charge in [0.25, 0.3) is 0 Å². The van der Waals surface area contributed by atoms with Gasteiger partial charge in [-0.2, -0.15) is 0 Å². The lowest BCUT2D eigenvalue weighted by molar-refractivity contribution is 0.507. The molecule has 0 saturated carbocycles. The van der Waals surface area contributed by atoms with E-state index in [0.29, 0.717) is 6.07 Å². The molecule has 0 bridgehead atoms. The Morgan fingerprint density at radius 2 is 2.06 bits per heavy atom. The third-order valence-electron chi connectivity index (χ3n) is 1.90. The third-order valence-corrected chi connectivity index (χ3v) is 3.34. The van der Waals surface area contributed by atoms with Gasteiger partial charge in [-0.15, -0.1) is 12.3 Å². The summed E-state index contributed by atoms with van der Waals surface area (Å²) < 4.78 is 51.2. The van der Waals surface area contributed by atoms with Gasteiger partial charge in [0.2, 0.25) is 10.0 Å². The molecule has 0 spiro atoms. The van der Waals surface area contributed by atoms with Crippen molar-refractivity contribution in [2.24, 2.45) is 0 Å². The summed E-state index contributed by atoms with van der Waals surface area (Å²) in [5.41, 5.74) is 4.57. The number of hydrogen-bond acceptors (Lipinski definition) is 3. The first-order valence-electron chi connectivity index (χ1n) is 4.56. The fraction of sp³-hybridized carbons (Fsp3) is 0.200. The minimum atomic E-state index is -3.93. The van der Waals surface area contributed by atoms with Crippen molar-refractivity contribution in [1.82, 2.24) is 4.72 Å². The van der Waals surface area contributed by atoms with Gasteiger partial charge >= 0.3 is 0 Å². The summed E-state index contributed by atoms with van der Waals surface area (Å²) in [7, 11) is -3.93. The van der Waals surface area contributed by atoms with Crippen LogP contribution in [-0.2, 0) is 10.0 Å². The quantitative estimate of drug-likeness (QED) is 0.479. The van der Waals surface area contributed by atoms with Gasteiger partial charge in [-0.05, 0) is 12.1 Å². The summed E-state index contributed by atoms with van der Waals surface area (Å²) in [6, 6.07) is 1.40. The number of nitrogen functional groups attached to an aromatic ring is 1. The minimum Gasteiger partial charge on any atom is -0.396 e. The van der Waals surface area contributed by atoms with Crippen LogP contribution in [0.2, 0.25) is 0 Å². The summed E-state index contributed by atoms with van der Waals surface area (Å²) in [5.74, 6) is -0.350. The van der Waals surface area contributed by atoms with Gasteiger partial charge in [0.15, 0.2) is 11.6 Å². The molecule has 3 N–H and O–H groups in total. The van der Waals surface area contributed by atoms with Crippen LogP contribution in [0.3, 0.4) is 0 Å². The number of halogens is 2. The van der Waals surface area contributed by atoms with Crippen molar-refractivity contribution < 1.29 is 17.2 Å². The zero-order chi connectivity index (χ0) is 13.1. The van der Waals surface area contributed by atoms with Gasteiger partial charge in [0, 0.05) is 13.0 Å². The Morgan fingerprint density at radius 1 is 1.41 bits per heavy atom. The molecule has 0 atom stereocenters. The number of anilines is 1. The van der Waals surface area contributed by atoms with Crippen molar-refractivity contribution >= 4 is 15.7 Å². The van der Waals surface area contributed by atoms with Crippen LogP contribution < -0.4 is 10.5 Å². The van der Waals surface area contributed by atoms with Crippen LogP contribution in [0.5, 0.6) is 0 Å². The normalized spacial score (nSPS) is 11.1. The molecule has 0 aliphatic carbocycles. The highest BCUT2D eigenvalue weighted by Crippen LogP contribution is 2.20. The Labute approximate surface area is 97.9 Å². The maximum Gasteiger partial charge on any atom is 0.240 e. The molecule has 0 saturated heterocycles. The Morgan fingerprint density at radius 3 is 2.59 bits per heavy atom. The summed E-state index contributed by atoms with van der Waals surface area (Å²) in [6.45, 7) is 0.0116. The lowest BCUT2D eigenvalue weighted by atomic mass is 10.3. The van der Waals surface area contributed by atoms with Gasteiger partial charge in [0.1, 0.15) is 0 Å². The van der Waals surface area contributed by atoms with Gasteiger partial charge in [-0.3, -0.25) is 0 Å². The van der Waals surface area contributed by atoms with E-state index < -0.39 is 32.2 Å². The maximum atomic E-state index is 13.0. The Bertz CT molecular complexity index is 541. The monoisotopic (exact) mass is 260 g/mol. The van der Waals surface area contributed by atoms with Gasteiger partial charge in [-0.1, -0.05) is 0 Å². The van der Waals surface area contributed by atoms with Crippen molar-refractivity contribution in [3.63, 3.8) is 0 Å². The van der Waals surface area contributed by atoms with E-state index in [-0.39, 0.29) is 13.0 Å². The lowest BCUT2D eigenvalue weighted by Gasteiger charge is -2.07.